The van der Waals surface area contributed by atoms with Crippen molar-refractivity contribution in [3.05, 3.63) is 59.9 Å². The van der Waals surface area contributed by atoms with Crippen molar-refractivity contribution in [1.82, 2.24) is 4.90 Å². The second-order valence-corrected chi connectivity index (χ2v) is 7.95. The Morgan fingerprint density at radius 1 is 1.19 bits per heavy atom. The molecule has 2 aromatic rings. The first-order valence-corrected chi connectivity index (χ1v) is 10.8. The maximum absolute atomic E-state index is 15.0. The number of hydrogen-bond donors (Lipinski definition) is 2. The van der Waals surface area contributed by atoms with E-state index in [9.17, 15) is 14.3 Å². The summed E-state index contributed by atoms with van der Waals surface area (Å²) in [7, 11) is 1.63. The van der Waals surface area contributed by atoms with Gasteiger partial charge in [-0.3, -0.25) is 0 Å². The van der Waals surface area contributed by atoms with Gasteiger partial charge in [0, 0.05) is 25.8 Å². The van der Waals surface area contributed by atoms with Crippen LogP contribution in [0.5, 0.6) is 11.5 Å². The summed E-state index contributed by atoms with van der Waals surface area (Å²) in [6.45, 7) is 1.02. The van der Waals surface area contributed by atoms with Gasteiger partial charge in [-0.15, -0.1) is 0 Å². The van der Waals surface area contributed by atoms with Gasteiger partial charge in [-0.1, -0.05) is 30.3 Å². The monoisotopic (exact) mass is 430 g/mol. The molecule has 1 fully saturated rings. The molecule has 7 heteroatoms. The van der Waals surface area contributed by atoms with Crippen molar-refractivity contribution in [2.75, 3.05) is 20.3 Å². The third-order valence-corrected chi connectivity index (χ3v) is 5.89. The van der Waals surface area contributed by atoms with E-state index in [0.717, 1.165) is 19.3 Å². The minimum Gasteiger partial charge on any atom is -0.454 e. The lowest BCUT2D eigenvalue weighted by Gasteiger charge is -2.45. The molecule has 31 heavy (non-hydrogen) atoms. The summed E-state index contributed by atoms with van der Waals surface area (Å²) in [6.07, 6.45) is 3.92. The van der Waals surface area contributed by atoms with Gasteiger partial charge in [0.25, 0.3) is 0 Å². The van der Waals surface area contributed by atoms with Crippen molar-refractivity contribution in [1.29, 1.82) is 0 Å². The Labute approximate surface area is 182 Å². The molecule has 0 aliphatic carbocycles. The number of methoxy groups -OCH3 is 1. The number of amides is 2. The van der Waals surface area contributed by atoms with Crippen LogP contribution >= 0.6 is 0 Å². The molecule has 2 atom stereocenters. The molecule has 168 valence electrons. The van der Waals surface area contributed by atoms with Crippen LogP contribution in [0.2, 0.25) is 0 Å². The summed E-state index contributed by atoms with van der Waals surface area (Å²) in [5.74, 6) is -0.137. The number of carbonyl (C=O) groups is 1. The molecular formula is C24H31FN2O4. The highest BCUT2D eigenvalue weighted by atomic mass is 19.1. The van der Waals surface area contributed by atoms with Crippen molar-refractivity contribution in [2.45, 2.75) is 50.2 Å². The highest BCUT2D eigenvalue weighted by molar-refractivity contribution is 5.72. The molecule has 2 aromatic carbocycles. The molecule has 1 saturated heterocycles. The summed E-state index contributed by atoms with van der Waals surface area (Å²) >= 11 is 0. The molecule has 0 aromatic heterocycles. The summed E-state index contributed by atoms with van der Waals surface area (Å²) in [4.78, 5) is 13.7. The molecule has 3 rings (SSSR count). The summed E-state index contributed by atoms with van der Waals surface area (Å²) in [5, 5.41) is 12.1. The topological polar surface area (TPSA) is 85.0 Å². The Balaban J connectivity index is 2.04. The molecule has 1 heterocycles. The van der Waals surface area contributed by atoms with E-state index in [-0.39, 0.29) is 5.75 Å². The fourth-order valence-corrected chi connectivity index (χ4v) is 4.37. The maximum atomic E-state index is 15.0. The average molecular weight is 431 g/mol. The van der Waals surface area contributed by atoms with E-state index in [1.807, 2.05) is 6.07 Å². The molecule has 0 radical (unpaired) electrons. The Morgan fingerprint density at radius 2 is 1.97 bits per heavy atom. The molecule has 1 aliphatic heterocycles. The van der Waals surface area contributed by atoms with Crippen LogP contribution in [0.3, 0.4) is 0 Å². The smallest absolute Gasteiger partial charge is 0.315 e. The number of benzene rings is 2. The van der Waals surface area contributed by atoms with Crippen LogP contribution in [0.25, 0.3) is 0 Å². The predicted molar refractivity (Wildman–Crippen MR) is 116 cm³/mol. The molecule has 3 N–H and O–H groups in total. The van der Waals surface area contributed by atoms with Crippen LogP contribution < -0.4 is 10.5 Å². The number of ether oxygens (including phenoxy) is 2. The first kappa shape index (κ1) is 23.0. The van der Waals surface area contributed by atoms with Gasteiger partial charge >= 0.3 is 6.03 Å². The predicted octanol–water partition coefficient (Wildman–Crippen LogP) is 4.56. The van der Waals surface area contributed by atoms with Gasteiger partial charge < -0.3 is 25.2 Å². The van der Waals surface area contributed by atoms with Gasteiger partial charge in [0.2, 0.25) is 0 Å². The molecule has 0 saturated carbocycles. The van der Waals surface area contributed by atoms with Crippen LogP contribution in [-0.4, -0.2) is 42.3 Å². The zero-order chi connectivity index (χ0) is 22.3. The van der Waals surface area contributed by atoms with Crippen molar-refractivity contribution in [3.63, 3.8) is 0 Å². The van der Waals surface area contributed by atoms with Gasteiger partial charge in [0.1, 0.15) is 11.4 Å². The number of primary amides is 1. The third kappa shape index (κ3) is 5.35. The summed E-state index contributed by atoms with van der Waals surface area (Å²) in [5.41, 5.74) is 4.46. The average Bonchev–Trinajstić information content (AvgIpc) is 2.78. The van der Waals surface area contributed by atoms with Crippen LogP contribution in [0.1, 0.15) is 44.1 Å². The van der Waals surface area contributed by atoms with E-state index in [0.29, 0.717) is 43.7 Å². The van der Waals surface area contributed by atoms with E-state index >= 15 is 0 Å². The molecule has 1 unspecified atom stereocenters. The number of unbranched alkanes of at least 4 members (excludes halogenated alkanes) is 1. The number of carbonyl (C=O) groups excluding carboxylic acids is 1. The lowest BCUT2D eigenvalue weighted by Crippen LogP contribution is -2.56. The molecule has 0 spiro atoms. The molecule has 0 bridgehead atoms. The van der Waals surface area contributed by atoms with Gasteiger partial charge in [-0.05, 0) is 56.7 Å². The fourth-order valence-electron chi connectivity index (χ4n) is 4.37. The molecule has 6 nitrogen and oxygen atoms in total. The highest BCUT2D eigenvalue weighted by Gasteiger charge is 2.46. The lowest BCUT2D eigenvalue weighted by atomic mass is 9.77. The number of halogens is 1. The van der Waals surface area contributed by atoms with Gasteiger partial charge in [-0.25, -0.2) is 9.18 Å². The van der Waals surface area contributed by atoms with E-state index in [4.69, 9.17) is 15.2 Å². The number of nitrogens with two attached hydrogens (primary N) is 1. The Hall–Kier alpha value is -2.64. The van der Waals surface area contributed by atoms with E-state index < -0.39 is 23.5 Å². The number of hydrogen-bond acceptors (Lipinski definition) is 4. The fraction of sp³-hybridized carbons (Fsp3) is 0.458. The van der Waals surface area contributed by atoms with E-state index in [1.165, 1.54) is 11.0 Å². The SMILES string of the molecule is COCCCC[C@](O)(c1cccc(F)c1Oc1ccccc1)C1CCCCN1C(N)=O. The second-order valence-electron chi connectivity index (χ2n) is 7.95. The van der Waals surface area contributed by atoms with Crippen LogP contribution in [-0.2, 0) is 10.3 Å². The van der Waals surface area contributed by atoms with Crippen molar-refractivity contribution in [3.8, 4) is 11.5 Å². The maximum Gasteiger partial charge on any atom is 0.315 e. The third-order valence-electron chi connectivity index (χ3n) is 5.89. The zero-order valence-corrected chi connectivity index (χ0v) is 17.9. The van der Waals surface area contributed by atoms with Gasteiger partial charge in [0.15, 0.2) is 11.6 Å². The van der Waals surface area contributed by atoms with Gasteiger partial charge in [0.05, 0.1) is 6.04 Å². The zero-order valence-electron chi connectivity index (χ0n) is 17.9. The van der Waals surface area contributed by atoms with Crippen molar-refractivity contribution < 1.29 is 23.8 Å². The minimum absolute atomic E-state index is 0.0297. The highest BCUT2D eigenvalue weighted by Crippen LogP contribution is 2.44. The number of likely N-dealkylation sites (tertiary alicyclic amines) is 1. The molecule has 1 aliphatic rings. The van der Waals surface area contributed by atoms with Crippen LogP contribution in [0.4, 0.5) is 9.18 Å². The second kappa shape index (κ2) is 10.6. The van der Waals surface area contributed by atoms with Crippen molar-refractivity contribution in [2.24, 2.45) is 5.73 Å². The summed E-state index contributed by atoms with van der Waals surface area (Å²) < 4.78 is 26.0. The molecular weight excluding hydrogens is 399 g/mol. The van der Waals surface area contributed by atoms with Gasteiger partial charge in [-0.2, -0.15) is 0 Å². The van der Waals surface area contributed by atoms with E-state index in [1.54, 1.807) is 43.5 Å². The van der Waals surface area contributed by atoms with E-state index in [2.05, 4.69) is 0 Å². The van der Waals surface area contributed by atoms with Crippen LogP contribution in [0.15, 0.2) is 48.5 Å². The Bertz CT molecular complexity index is 864. The number of nitrogens with zero attached hydrogens (tertiary/aromatic N) is 1. The number of rotatable bonds is 9. The largest absolute Gasteiger partial charge is 0.454 e. The Morgan fingerprint density at radius 3 is 2.68 bits per heavy atom. The first-order chi connectivity index (χ1) is 15.0. The lowest BCUT2D eigenvalue weighted by molar-refractivity contribution is -0.0616. The number of aliphatic hydroxyl groups is 1. The first-order valence-electron chi connectivity index (χ1n) is 10.8. The van der Waals surface area contributed by atoms with Crippen molar-refractivity contribution >= 4 is 6.03 Å². The van der Waals surface area contributed by atoms with Crippen LogP contribution in [0, 0.1) is 5.82 Å². The molecule has 2 amide bonds. The summed E-state index contributed by atoms with van der Waals surface area (Å²) in [6, 6.07) is 12.3. The standard InChI is InChI=1S/C24H31FN2O4/c1-30-17-8-6-15-24(29,21-14-5-7-16-27(21)23(26)28)19-12-9-13-20(25)22(19)31-18-10-3-2-4-11-18/h2-4,9-13,21,29H,5-8,14-17H2,1H3,(H2,26,28)/t21?,24-/m0/s1. The normalized spacial score (nSPS) is 18.4. The number of para-hydroxylation sites is 2. The Kier molecular flexibility index (Phi) is 7.87. The number of piperidine rings is 1. The number of urea groups is 1. The minimum atomic E-state index is -1.52. The quantitative estimate of drug-likeness (QED) is 0.572.